The molecule has 0 radical (unpaired) electrons. The van der Waals surface area contributed by atoms with Crippen molar-refractivity contribution in [2.45, 2.75) is 0 Å². The highest BCUT2D eigenvalue weighted by Gasteiger charge is 2.17. The summed E-state index contributed by atoms with van der Waals surface area (Å²) in [6.45, 7) is 0. The zero-order valence-corrected chi connectivity index (χ0v) is 10.9. The first-order valence-corrected chi connectivity index (χ1v) is 5.70. The fourth-order valence-corrected chi connectivity index (χ4v) is 2.27. The van der Waals surface area contributed by atoms with Crippen molar-refractivity contribution < 1.29 is 9.53 Å². The molecule has 0 saturated carbocycles. The van der Waals surface area contributed by atoms with E-state index in [-0.39, 0.29) is 10.6 Å². The maximum atomic E-state index is 11.5. The summed E-state index contributed by atoms with van der Waals surface area (Å²) in [6, 6.07) is 3.22. The van der Waals surface area contributed by atoms with E-state index >= 15 is 0 Å². The first-order valence-electron chi connectivity index (χ1n) is 4.56. The molecule has 0 atom stereocenters. The van der Waals surface area contributed by atoms with Gasteiger partial charge in [-0.05, 0) is 12.1 Å². The largest absolute Gasteiger partial charge is 0.465 e. The molecule has 0 fully saturated rings. The molecule has 0 unspecified atom stereocenters. The van der Waals surface area contributed by atoms with Crippen molar-refractivity contribution in [1.82, 2.24) is 4.98 Å². The molecule has 0 bridgehead atoms. The molecule has 0 saturated heterocycles. The van der Waals surface area contributed by atoms with Gasteiger partial charge in [-0.25, -0.2) is 4.79 Å². The molecule has 0 spiro atoms. The van der Waals surface area contributed by atoms with Gasteiger partial charge < -0.3 is 4.74 Å². The summed E-state index contributed by atoms with van der Waals surface area (Å²) >= 11 is 18.1. The topological polar surface area (TPSA) is 39.2 Å². The average molecular weight is 291 g/mol. The molecule has 0 aliphatic rings. The predicted octanol–water partition coefficient (Wildman–Crippen LogP) is 3.98. The second-order valence-electron chi connectivity index (χ2n) is 3.23. The van der Waals surface area contributed by atoms with Crippen molar-refractivity contribution in [3.05, 3.63) is 39.0 Å². The molecular weight excluding hydrogens is 284 g/mol. The molecule has 17 heavy (non-hydrogen) atoms. The van der Waals surface area contributed by atoms with Crippen molar-refractivity contribution in [3.8, 4) is 0 Å². The Morgan fingerprint density at radius 2 is 1.88 bits per heavy atom. The summed E-state index contributed by atoms with van der Waals surface area (Å²) < 4.78 is 4.60. The van der Waals surface area contributed by atoms with Crippen LogP contribution in [0.5, 0.6) is 0 Å². The van der Waals surface area contributed by atoms with Gasteiger partial charge in [0.25, 0.3) is 0 Å². The van der Waals surface area contributed by atoms with E-state index < -0.39 is 5.97 Å². The van der Waals surface area contributed by atoms with Crippen molar-refractivity contribution in [1.29, 1.82) is 0 Å². The van der Waals surface area contributed by atoms with E-state index in [0.717, 1.165) is 0 Å². The Bertz CT molecular complexity index is 613. The quantitative estimate of drug-likeness (QED) is 0.746. The standard InChI is InChI=1S/C11H6Cl3NO2/c1-17-11(16)5-4-15-10-7(13)3-2-6(12)8(10)9(5)14/h2-4H,1H3. The van der Waals surface area contributed by atoms with Gasteiger partial charge in [-0.1, -0.05) is 34.8 Å². The highest BCUT2D eigenvalue weighted by molar-refractivity contribution is 6.46. The maximum absolute atomic E-state index is 11.5. The number of carbonyl (C=O) groups is 1. The van der Waals surface area contributed by atoms with Crippen LogP contribution in [0.2, 0.25) is 15.1 Å². The molecule has 0 aliphatic heterocycles. The van der Waals surface area contributed by atoms with Crippen LogP contribution in [0.4, 0.5) is 0 Å². The molecular formula is C11H6Cl3NO2. The molecule has 3 nitrogen and oxygen atoms in total. The van der Waals surface area contributed by atoms with Gasteiger partial charge in [0.2, 0.25) is 0 Å². The Morgan fingerprint density at radius 3 is 2.53 bits per heavy atom. The molecule has 0 amide bonds. The van der Waals surface area contributed by atoms with Crippen LogP contribution in [0.1, 0.15) is 10.4 Å². The Balaban J connectivity index is 2.84. The number of halogens is 3. The number of benzene rings is 1. The second kappa shape index (κ2) is 4.69. The van der Waals surface area contributed by atoms with Crippen LogP contribution < -0.4 is 0 Å². The number of hydrogen-bond acceptors (Lipinski definition) is 3. The Morgan fingerprint density at radius 1 is 1.24 bits per heavy atom. The van der Waals surface area contributed by atoms with E-state index in [4.69, 9.17) is 34.8 Å². The van der Waals surface area contributed by atoms with Crippen LogP contribution in [-0.4, -0.2) is 18.1 Å². The van der Waals surface area contributed by atoms with Gasteiger partial charge in [-0.2, -0.15) is 0 Å². The minimum absolute atomic E-state index is 0.158. The number of carbonyl (C=O) groups excluding carboxylic acids is 1. The fraction of sp³-hybridized carbons (Fsp3) is 0.0909. The molecule has 1 heterocycles. The normalized spacial score (nSPS) is 10.6. The molecule has 1 aromatic carbocycles. The van der Waals surface area contributed by atoms with Crippen molar-refractivity contribution >= 4 is 51.7 Å². The minimum Gasteiger partial charge on any atom is -0.465 e. The van der Waals surface area contributed by atoms with Gasteiger partial charge in [0.05, 0.1) is 33.3 Å². The van der Waals surface area contributed by atoms with Crippen LogP contribution in [-0.2, 0) is 4.74 Å². The molecule has 2 aromatic rings. The zero-order valence-electron chi connectivity index (χ0n) is 8.63. The lowest BCUT2D eigenvalue weighted by Gasteiger charge is -2.07. The van der Waals surface area contributed by atoms with Crippen molar-refractivity contribution in [3.63, 3.8) is 0 Å². The van der Waals surface area contributed by atoms with Crippen LogP contribution in [0.15, 0.2) is 18.3 Å². The molecule has 0 aliphatic carbocycles. The minimum atomic E-state index is -0.569. The van der Waals surface area contributed by atoms with Gasteiger partial charge in [-0.15, -0.1) is 0 Å². The number of methoxy groups -OCH3 is 1. The number of pyridine rings is 1. The van der Waals surface area contributed by atoms with Gasteiger partial charge in [0.15, 0.2) is 0 Å². The number of ether oxygens (including phenoxy) is 1. The SMILES string of the molecule is COC(=O)c1cnc2c(Cl)ccc(Cl)c2c1Cl. The van der Waals surface area contributed by atoms with Gasteiger partial charge in [0.1, 0.15) is 0 Å². The Labute approximate surface area is 112 Å². The first kappa shape index (κ1) is 12.4. The van der Waals surface area contributed by atoms with Gasteiger partial charge in [-0.3, -0.25) is 4.98 Å². The number of fused-ring (bicyclic) bond motifs is 1. The Kier molecular flexibility index (Phi) is 3.43. The van der Waals surface area contributed by atoms with E-state index in [1.807, 2.05) is 0 Å². The van der Waals surface area contributed by atoms with Crippen LogP contribution in [0.3, 0.4) is 0 Å². The number of rotatable bonds is 1. The third-order valence-corrected chi connectivity index (χ3v) is 3.27. The predicted molar refractivity (Wildman–Crippen MR) is 68.1 cm³/mol. The van der Waals surface area contributed by atoms with Crippen LogP contribution in [0.25, 0.3) is 10.9 Å². The van der Waals surface area contributed by atoms with E-state index in [2.05, 4.69) is 9.72 Å². The summed E-state index contributed by atoms with van der Waals surface area (Å²) in [5, 5.41) is 1.44. The number of esters is 1. The molecule has 88 valence electrons. The van der Waals surface area contributed by atoms with Crippen LogP contribution >= 0.6 is 34.8 Å². The van der Waals surface area contributed by atoms with Crippen molar-refractivity contribution in [2.24, 2.45) is 0 Å². The molecule has 2 rings (SSSR count). The molecule has 0 N–H and O–H groups in total. The van der Waals surface area contributed by atoms with Gasteiger partial charge in [0, 0.05) is 11.6 Å². The lowest BCUT2D eigenvalue weighted by atomic mass is 10.1. The van der Waals surface area contributed by atoms with Crippen molar-refractivity contribution in [2.75, 3.05) is 7.11 Å². The fourth-order valence-electron chi connectivity index (χ4n) is 1.45. The lowest BCUT2D eigenvalue weighted by molar-refractivity contribution is 0.0600. The summed E-state index contributed by atoms with van der Waals surface area (Å²) in [5.74, 6) is -0.569. The highest BCUT2D eigenvalue weighted by Crippen LogP contribution is 2.35. The second-order valence-corrected chi connectivity index (χ2v) is 4.42. The number of hydrogen-bond donors (Lipinski definition) is 0. The molecule has 1 aromatic heterocycles. The summed E-state index contributed by atoms with van der Waals surface area (Å²) in [4.78, 5) is 15.5. The zero-order chi connectivity index (χ0) is 12.6. The monoisotopic (exact) mass is 289 g/mol. The Hall–Kier alpha value is -1.03. The highest BCUT2D eigenvalue weighted by atomic mass is 35.5. The van der Waals surface area contributed by atoms with E-state index in [0.29, 0.717) is 20.9 Å². The third kappa shape index (κ3) is 2.06. The summed E-state index contributed by atoms with van der Waals surface area (Å²) in [7, 11) is 1.27. The maximum Gasteiger partial charge on any atom is 0.340 e. The lowest BCUT2D eigenvalue weighted by Crippen LogP contribution is -2.03. The first-order chi connectivity index (χ1) is 8.06. The van der Waals surface area contributed by atoms with E-state index in [1.165, 1.54) is 13.3 Å². The smallest absolute Gasteiger partial charge is 0.340 e. The van der Waals surface area contributed by atoms with E-state index in [9.17, 15) is 4.79 Å². The molecule has 6 heteroatoms. The van der Waals surface area contributed by atoms with Crippen LogP contribution in [0, 0.1) is 0 Å². The number of nitrogens with zero attached hydrogens (tertiary/aromatic N) is 1. The van der Waals surface area contributed by atoms with Gasteiger partial charge >= 0.3 is 5.97 Å². The summed E-state index contributed by atoms with van der Waals surface area (Å²) in [6.07, 6.45) is 1.32. The summed E-state index contributed by atoms with van der Waals surface area (Å²) in [5.41, 5.74) is 0.614. The van der Waals surface area contributed by atoms with E-state index in [1.54, 1.807) is 12.1 Å². The average Bonchev–Trinajstić information content (AvgIpc) is 2.33. The third-order valence-electron chi connectivity index (χ3n) is 2.26. The number of aromatic nitrogens is 1.